The molecule has 1 aliphatic carbocycles. The van der Waals surface area contributed by atoms with Crippen molar-refractivity contribution in [1.82, 2.24) is 10.2 Å². The molecule has 3 N–H and O–H groups in total. The molecular weight excluding hydrogens is 238 g/mol. The van der Waals surface area contributed by atoms with Gasteiger partial charge in [-0.1, -0.05) is 13.3 Å². The third-order valence-electron chi connectivity index (χ3n) is 4.56. The van der Waals surface area contributed by atoms with Gasteiger partial charge < -0.3 is 16.0 Å². The second kappa shape index (κ2) is 7.25. The summed E-state index contributed by atoms with van der Waals surface area (Å²) in [5, 5.41) is 3.25. The zero-order valence-corrected chi connectivity index (χ0v) is 12.2. The van der Waals surface area contributed by atoms with E-state index in [-0.39, 0.29) is 17.9 Å². The Morgan fingerprint density at radius 3 is 2.63 bits per heavy atom. The maximum Gasteiger partial charge on any atom is 0.223 e. The number of hydrogen-bond acceptors (Lipinski definition) is 3. The molecular formula is C15H29N3O. The summed E-state index contributed by atoms with van der Waals surface area (Å²) in [6, 6.07) is 0.620. The summed E-state index contributed by atoms with van der Waals surface area (Å²) in [4.78, 5) is 14.7. The molecule has 19 heavy (non-hydrogen) atoms. The van der Waals surface area contributed by atoms with Crippen LogP contribution in [0.5, 0.6) is 0 Å². The van der Waals surface area contributed by atoms with Gasteiger partial charge in [0.1, 0.15) is 0 Å². The van der Waals surface area contributed by atoms with Gasteiger partial charge in [-0.05, 0) is 45.1 Å². The number of carbonyl (C=O) groups is 1. The highest BCUT2D eigenvalue weighted by molar-refractivity contribution is 5.79. The predicted octanol–water partition coefficient (Wildman–Crippen LogP) is 1.49. The van der Waals surface area contributed by atoms with Crippen LogP contribution in [0.25, 0.3) is 0 Å². The van der Waals surface area contributed by atoms with Crippen molar-refractivity contribution in [2.24, 2.45) is 11.7 Å². The molecule has 0 aromatic carbocycles. The van der Waals surface area contributed by atoms with Crippen molar-refractivity contribution in [3.63, 3.8) is 0 Å². The quantitative estimate of drug-likeness (QED) is 0.811. The molecule has 0 radical (unpaired) electrons. The zero-order chi connectivity index (χ0) is 13.7. The first-order valence-electron chi connectivity index (χ1n) is 7.97. The monoisotopic (exact) mass is 267 g/mol. The number of amides is 1. The highest BCUT2D eigenvalue weighted by Gasteiger charge is 2.27. The standard InChI is InChI=1S/C15H29N3O/c1-2-8-18-9-6-14(7-10-18)17-15(19)12-4-3-5-13(16)11-12/h12-14H,2-11,16H2,1H3,(H,17,19). The molecule has 4 heteroatoms. The minimum Gasteiger partial charge on any atom is -0.353 e. The summed E-state index contributed by atoms with van der Waals surface area (Å²) in [5.41, 5.74) is 5.96. The largest absolute Gasteiger partial charge is 0.353 e. The number of nitrogens with two attached hydrogens (primary N) is 1. The number of rotatable bonds is 4. The Hall–Kier alpha value is -0.610. The average molecular weight is 267 g/mol. The number of carbonyl (C=O) groups excluding carboxylic acids is 1. The molecule has 2 aliphatic rings. The van der Waals surface area contributed by atoms with E-state index >= 15 is 0 Å². The summed E-state index contributed by atoms with van der Waals surface area (Å²) >= 11 is 0. The van der Waals surface area contributed by atoms with Crippen LogP contribution in [0.1, 0.15) is 51.9 Å². The molecule has 1 saturated heterocycles. The highest BCUT2D eigenvalue weighted by Crippen LogP contribution is 2.23. The second-order valence-corrected chi connectivity index (χ2v) is 6.25. The Morgan fingerprint density at radius 1 is 1.26 bits per heavy atom. The number of nitrogens with one attached hydrogen (secondary N) is 1. The zero-order valence-electron chi connectivity index (χ0n) is 12.2. The molecule has 0 spiro atoms. The van der Waals surface area contributed by atoms with Crippen LogP contribution in [-0.2, 0) is 4.79 Å². The summed E-state index contributed by atoms with van der Waals surface area (Å²) in [7, 11) is 0. The van der Waals surface area contributed by atoms with Gasteiger partial charge in [-0.15, -0.1) is 0 Å². The molecule has 110 valence electrons. The van der Waals surface area contributed by atoms with Gasteiger partial charge in [-0.3, -0.25) is 4.79 Å². The first kappa shape index (κ1) is 14.8. The first-order valence-corrected chi connectivity index (χ1v) is 7.97. The minimum atomic E-state index is 0.164. The third-order valence-corrected chi connectivity index (χ3v) is 4.56. The van der Waals surface area contributed by atoms with Gasteiger partial charge in [-0.25, -0.2) is 0 Å². The van der Waals surface area contributed by atoms with Gasteiger partial charge in [0.25, 0.3) is 0 Å². The molecule has 2 rings (SSSR count). The molecule has 0 bridgehead atoms. The molecule has 1 aliphatic heterocycles. The van der Waals surface area contributed by atoms with Crippen LogP contribution in [-0.4, -0.2) is 42.5 Å². The Morgan fingerprint density at radius 2 is 2.00 bits per heavy atom. The fourth-order valence-electron chi connectivity index (χ4n) is 3.40. The minimum absolute atomic E-state index is 0.164. The maximum atomic E-state index is 12.2. The molecule has 2 fully saturated rings. The molecule has 2 unspecified atom stereocenters. The van der Waals surface area contributed by atoms with Crippen molar-refractivity contribution >= 4 is 5.91 Å². The summed E-state index contributed by atoms with van der Waals surface area (Å²) in [6.07, 6.45) is 7.51. The van der Waals surface area contributed by atoms with Crippen LogP contribution >= 0.6 is 0 Å². The van der Waals surface area contributed by atoms with Crippen LogP contribution in [0.4, 0.5) is 0 Å². The van der Waals surface area contributed by atoms with Crippen molar-refractivity contribution in [3.05, 3.63) is 0 Å². The first-order chi connectivity index (χ1) is 9.19. The van der Waals surface area contributed by atoms with E-state index in [9.17, 15) is 4.79 Å². The summed E-state index contributed by atoms with van der Waals surface area (Å²) < 4.78 is 0. The Bertz CT molecular complexity index is 287. The predicted molar refractivity (Wildman–Crippen MR) is 77.8 cm³/mol. The van der Waals surface area contributed by atoms with Crippen molar-refractivity contribution in [3.8, 4) is 0 Å². The van der Waals surface area contributed by atoms with Crippen molar-refractivity contribution in [2.75, 3.05) is 19.6 Å². The van der Waals surface area contributed by atoms with E-state index in [0.29, 0.717) is 6.04 Å². The number of hydrogen-bond donors (Lipinski definition) is 2. The normalized spacial score (nSPS) is 30.2. The molecule has 0 aromatic rings. The van der Waals surface area contributed by atoms with E-state index < -0.39 is 0 Å². The van der Waals surface area contributed by atoms with E-state index in [2.05, 4.69) is 17.1 Å². The van der Waals surface area contributed by atoms with Gasteiger partial charge in [0.15, 0.2) is 0 Å². The summed E-state index contributed by atoms with van der Waals surface area (Å²) in [5.74, 6) is 0.418. The topological polar surface area (TPSA) is 58.4 Å². The maximum absolute atomic E-state index is 12.2. The average Bonchev–Trinajstić information content (AvgIpc) is 2.41. The molecule has 1 heterocycles. The highest BCUT2D eigenvalue weighted by atomic mass is 16.1. The summed E-state index contributed by atoms with van der Waals surface area (Å²) in [6.45, 7) is 5.67. The fourth-order valence-corrected chi connectivity index (χ4v) is 3.40. The Balaban J connectivity index is 1.71. The van der Waals surface area contributed by atoms with Gasteiger partial charge in [0.2, 0.25) is 5.91 Å². The number of likely N-dealkylation sites (tertiary alicyclic amines) is 1. The molecule has 0 aromatic heterocycles. The van der Waals surface area contributed by atoms with Crippen molar-refractivity contribution < 1.29 is 4.79 Å². The van der Waals surface area contributed by atoms with E-state index in [1.165, 1.54) is 13.0 Å². The van der Waals surface area contributed by atoms with E-state index in [1.807, 2.05) is 0 Å². The molecule has 4 nitrogen and oxygen atoms in total. The SMILES string of the molecule is CCCN1CCC(NC(=O)C2CCCC(N)C2)CC1. The van der Waals surface area contributed by atoms with Crippen molar-refractivity contribution in [1.29, 1.82) is 0 Å². The van der Waals surface area contributed by atoms with Crippen LogP contribution in [0, 0.1) is 5.92 Å². The third kappa shape index (κ3) is 4.46. The van der Waals surface area contributed by atoms with Crippen LogP contribution in [0.15, 0.2) is 0 Å². The lowest BCUT2D eigenvalue weighted by Gasteiger charge is -2.33. The molecule has 2 atom stereocenters. The van der Waals surface area contributed by atoms with Gasteiger partial charge in [0.05, 0.1) is 0 Å². The van der Waals surface area contributed by atoms with E-state index in [1.54, 1.807) is 0 Å². The molecule has 1 amide bonds. The van der Waals surface area contributed by atoms with Gasteiger partial charge in [-0.2, -0.15) is 0 Å². The lowest BCUT2D eigenvalue weighted by Crippen LogP contribution is -2.47. The van der Waals surface area contributed by atoms with E-state index in [4.69, 9.17) is 5.73 Å². The smallest absolute Gasteiger partial charge is 0.223 e. The fraction of sp³-hybridized carbons (Fsp3) is 0.933. The lowest BCUT2D eigenvalue weighted by atomic mass is 9.85. The van der Waals surface area contributed by atoms with Crippen LogP contribution < -0.4 is 11.1 Å². The van der Waals surface area contributed by atoms with Crippen LogP contribution in [0.2, 0.25) is 0 Å². The van der Waals surface area contributed by atoms with Crippen molar-refractivity contribution in [2.45, 2.75) is 64.0 Å². The Kier molecular flexibility index (Phi) is 5.64. The van der Waals surface area contributed by atoms with E-state index in [0.717, 1.165) is 51.6 Å². The van der Waals surface area contributed by atoms with Gasteiger partial charge in [0, 0.05) is 31.1 Å². The molecule has 1 saturated carbocycles. The number of piperidine rings is 1. The second-order valence-electron chi connectivity index (χ2n) is 6.25. The number of nitrogens with zero attached hydrogens (tertiary/aromatic N) is 1. The van der Waals surface area contributed by atoms with Gasteiger partial charge >= 0.3 is 0 Å². The Labute approximate surface area is 117 Å². The lowest BCUT2D eigenvalue weighted by molar-refractivity contribution is -0.127. The van der Waals surface area contributed by atoms with Crippen LogP contribution in [0.3, 0.4) is 0 Å².